The van der Waals surface area contributed by atoms with Crippen molar-refractivity contribution in [3.05, 3.63) is 70.2 Å². The molecule has 0 unspecified atom stereocenters. The minimum absolute atomic E-state index is 0.160. The van der Waals surface area contributed by atoms with Gasteiger partial charge in [-0.15, -0.1) is 0 Å². The van der Waals surface area contributed by atoms with E-state index in [0.717, 1.165) is 12.0 Å². The van der Waals surface area contributed by atoms with Crippen molar-refractivity contribution in [3.63, 3.8) is 0 Å². The molecule has 0 aromatic heterocycles. The lowest BCUT2D eigenvalue weighted by atomic mass is 9.85. The van der Waals surface area contributed by atoms with Crippen LogP contribution in [0.5, 0.6) is 0 Å². The van der Waals surface area contributed by atoms with Crippen molar-refractivity contribution < 1.29 is 9.59 Å². The molecule has 0 fully saturated rings. The van der Waals surface area contributed by atoms with Gasteiger partial charge in [0.15, 0.2) is 0 Å². The van der Waals surface area contributed by atoms with Gasteiger partial charge >= 0.3 is 0 Å². The first-order valence-electron chi connectivity index (χ1n) is 7.94. The predicted molar refractivity (Wildman–Crippen MR) is 98.4 cm³/mol. The number of benzene rings is 2. The molecule has 0 saturated carbocycles. The number of rotatable bonds is 5. The van der Waals surface area contributed by atoms with Gasteiger partial charge in [-0.1, -0.05) is 62.7 Å². The normalized spacial score (nSPS) is 13.0. The number of amides is 2. The number of carbonyl (C=O) groups excluding carboxylic acids is 2. The van der Waals surface area contributed by atoms with Crippen LogP contribution in [0.4, 0.5) is 0 Å². The zero-order chi connectivity index (χ0) is 17.5. The number of carbonyl (C=O) groups is 2. The Labute approximate surface area is 150 Å². The topological polar surface area (TPSA) is 58.2 Å². The summed E-state index contributed by atoms with van der Waals surface area (Å²) in [6.07, 6.45) is 0.866. The van der Waals surface area contributed by atoms with Crippen molar-refractivity contribution in [1.29, 1.82) is 0 Å². The monoisotopic (exact) mass is 388 g/mol. The molecule has 0 aliphatic rings. The van der Waals surface area contributed by atoms with Crippen molar-refractivity contribution in [1.82, 2.24) is 10.9 Å². The van der Waals surface area contributed by atoms with Gasteiger partial charge in [-0.05, 0) is 39.5 Å². The number of hydrogen-bond acceptors (Lipinski definition) is 2. The van der Waals surface area contributed by atoms with Crippen LogP contribution in [0, 0.1) is 5.92 Å². The van der Waals surface area contributed by atoms with E-state index in [0.29, 0.717) is 10.0 Å². The van der Waals surface area contributed by atoms with Crippen LogP contribution in [0.1, 0.15) is 42.1 Å². The van der Waals surface area contributed by atoms with E-state index >= 15 is 0 Å². The second-order valence-electron chi connectivity index (χ2n) is 5.70. The maximum atomic E-state index is 12.6. The quantitative estimate of drug-likeness (QED) is 0.759. The van der Waals surface area contributed by atoms with Crippen molar-refractivity contribution in [2.24, 2.45) is 5.92 Å². The van der Waals surface area contributed by atoms with Crippen molar-refractivity contribution >= 4 is 27.7 Å². The highest BCUT2D eigenvalue weighted by Crippen LogP contribution is 2.27. The molecule has 2 rings (SSSR count). The maximum absolute atomic E-state index is 12.6. The van der Waals surface area contributed by atoms with Crippen molar-refractivity contribution in [2.75, 3.05) is 0 Å². The Kier molecular flexibility index (Phi) is 6.55. The zero-order valence-corrected chi connectivity index (χ0v) is 15.3. The summed E-state index contributed by atoms with van der Waals surface area (Å²) in [5, 5.41) is 0. The third-order valence-electron chi connectivity index (χ3n) is 4.07. The summed E-state index contributed by atoms with van der Waals surface area (Å²) in [5.41, 5.74) is 6.48. The lowest BCUT2D eigenvalue weighted by molar-refractivity contribution is -0.124. The molecule has 4 nitrogen and oxygen atoms in total. The summed E-state index contributed by atoms with van der Waals surface area (Å²) in [7, 11) is 0. The molecule has 2 aromatic rings. The summed E-state index contributed by atoms with van der Waals surface area (Å²) in [5.74, 6) is -0.716. The molecule has 24 heavy (non-hydrogen) atoms. The molecule has 0 aliphatic carbocycles. The number of hydrazine groups is 1. The van der Waals surface area contributed by atoms with Crippen LogP contribution in [0.2, 0.25) is 0 Å². The highest BCUT2D eigenvalue weighted by Gasteiger charge is 2.26. The van der Waals surface area contributed by atoms with E-state index in [2.05, 4.69) is 26.8 Å². The minimum Gasteiger partial charge on any atom is -0.273 e. The smallest absolute Gasteiger partial charge is 0.270 e. The Balaban J connectivity index is 2.08. The van der Waals surface area contributed by atoms with Crippen molar-refractivity contribution in [2.45, 2.75) is 26.2 Å². The summed E-state index contributed by atoms with van der Waals surface area (Å²) in [6.45, 7) is 4.08. The Bertz CT molecular complexity index is 704. The lowest BCUT2D eigenvalue weighted by Gasteiger charge is -2.23. The highest BCUT2D eigenvalue weighted by atomic mass is 79.9. The fraction of sp³-hybridized carbons (Fsp3) is 0.263. The Hall–Kier alpha value is -2.14. The molecule has 0 radical (unpaired) electrons. The Morgan fingerprint density at radius 2 is 1.62 bits per heavy atom. The molecule has 2 N–H and O–H groups in total. The van der Waals surface area contributed by atoms with E-state index in [1.165, 1.54) is 0 Å². The largest absolute Gasteiger partial charge is 0.273 e. The van der Waals surface area contributed by atoms with Gasteiger partial charge in [0.2, 0.25) is 5.91 Å². The van der Waals surface area contributed by atoms with Gasteiger partial charge in [-0.3, -0.25) is 20.4 Å². The van der Waals surface area contributed by atoms with Crippen LogP contribution in [-0.4, -0.2) is 11.8 Å². The fourth-order valence-electron chi connectivity index (χ4n) is 2.54. The molecule has 0 heterocycles. The van der Waals surface area contributed by atoms with E-state index in [1.807, 2.05) is 50.2 Å². The molecule has 0 bridgehead atoms. The number of halogens is 1. The van der Waals surface area contributed by atoms with E-state index in [9.17, 15) is 9.59 Å². The van der Waals surface area contributed by atoms with E-state index < -0.39 is 0 Å². The second kappa shape index (κ2) is 8.64. The van der Waals surface area contributed by atoms with E-state index in [4.69, 9.17) is 0 Å². The SMILES string of the molecule is CC[C@@H](C)[C@@H](C(=O)NNC(=O)c1ccccc1Br)c1ccccc1. The average molecular weight is 389 g/mol. The van der Waals surface area contributed by atoms with Gasteiger partial charge in [0.1, 0.15) is 0 Å². The average Bonchev–Trinajstić information content (AvgIpc) is 2.61. The van der Waals surface area contributed by atoms with Crippen LogP contribution in [0.25, 0.3) is 0 Å². The third kappa shape index (κ3) is 4.45. The summed E-state index contributed by atoms with van der Waals surface area (Å²) in [6, 6.07) is 16.7. The molecule has 2 atom stereocenters. The van der Waals surface area contributed by atoms with E-state index in [1.54, 1.807) is 18.2 Å². The van der Waals surface area contributed by atoms with Gasteiger partial charge in [0.25, 0.3) is 5.91 Å². The van der Waals surface area contributed by atoms with Gasteiger partial charge < -0.3 is 0 Å². The zero-order valence-electron chi connectivity index (χ0n) is 13.8. The highest BCUT2D eigenvalue weighted by molar-refractivity contribution is 9.10. The summed E-state index contributed by atoms with van der Waals surface area (Å²) >= 11 is 3.33. The first-order chi connectivity index (χ1) is 11.5. The summed E-state index contributed by atoms with van der Waals surface area (Å²) in [4.78, 5) is 24.8. The fourth-order valence-corrected chi connectivity index (χ4v) is 3.01. The first-order valence-corrected chi connectivity index (χ1v) is 8.73. The standard InChI is InChI=1S/C19H21BrN2O2/c1-3-13(2)17(14-9-5-4-6-10-14)19(24)22-21-18(23)15-11-7-8-12-16(15)20/h4-13,17H,3H2,1-2H3,(H,21,23)(H,22,24)/t13-,17-/m1/s1. The molecular weight excluding hydrogens is 368 g/mol. The van der Waals surface area contributed by atoms with Crippen LogP contribution >= 0.6 is 15.9 Å². The van der Waals surface area contributed by atoms with Gasteiger partial charge in [0, 0.05) is 4.47 Å². The summed E-state index contributed by atoms with van der Waals surface area (Å²) < 4.78 is 0.679. The Morgan fingerprint density at radius 3 is 2.25 bits per heavy atom. The van der Waals surface area contributed by atoms with E-state index in [-0.39, 0.29) is 23.7 Å². The van der Waals surface area contributed by atoms with Gasteiger partial charge in [-0.2, -0.15) is 0 Å². The predicted octanol–water partition coefficient (Wildman–Crippen LogP) is 4.04. The van der Waals surface area contributed by atoms with Crippen molar-refractivity contribution in [3.8, 4) is 0 Å². The molecule has 2 amide bonds. The van der Waals surface area contributed by atoms with Crippen LogP contribution in [0.3, 0.4) is 0 Å². The molecule has 2 aromatic carbocycles. The molecule has 0 saturated heterocycles. The lowest BCUT2D eigenvalue weighted by Crippen LogP contribution is -2.45. The Morgan fingerprint density at radius 1 is 1.00 bits per heavy atom. The molecular formula is C19H21BrN2O2. The number of nitrogens with one attached hydrogen (secondary N) is 2. The van der Waals surface area contributed by atoms with Crippen LogP contribution in [0.15, 0.2) is 59.1 Å². The van der Waals surface area contributed by atoms with Crippen LogP contribution < -0.4 is 10.9 Å². The number of hydrogen-bond donors (Lipinski definition) is 2. The molecule has 0 spiro atoms. The second-order valence-corrected chi connectivity index (χ2v) is 6.55. The molecule has 5 heteroatoms. The molecule has 0 aliphatic heterocycles. The third-order valence-corrected chi connectivity index (χ3v) is 4.76. The van der Waals surface area contributed by atoms with Gasteiger partial charge in [0.05, 0.1) is 11.5 Å². The van der Waals surface area contributed by atoms with Crippen LogP contribution in [-0.2, 0) is 4.79 Å². The minimum atomic E-state index is -0.355. The van der Waals surface area contributed by atoms with Gasteiger partial charge in [-0.25, -0.2) is 0 Å². The first kappa shape index (κ1) is 18.2. The maximum Gasteiger partial charge on any atom is 0.270 e. The molecule has 126 valence electrons.